The highest BCUT2D eigenvalue weighted by Crippen LogP contribution is 2.34. The standard InChI is InChI=1S/C12H13Cl2N3O2S2/c1-7-16-5-9(20-7)6-17(2)21(18,19)12-10(13)3-8(15)4-11(12)14/h3-5H,6,15H2,1-2H3. The molecule has 0 atom stereocenters. The van der Waals surface area contributed by atoms with Gasteiger partial charge in [-0.15, -0.1) is 11.3 Å². The molecule has 1 aromatic heterocycles. The highest BCUT2D eigenvalue weighted by molar-refractivity contribution is 7.89. The Labute approximate surface area is 137 Å². The van der Waals surface area contributed by atoms with Crippen LogP contribution in [-0.4, -0.2) is 24.8 Å². The average molecular weight is 366 g/mol. The summed E-state index contributed by atoms with van der Waals surface area (Å²) in [7, 11) is -2.35. The van der Waals surface area contributed by atoms with Crippen molar-refractivity contribution in [3.63, 3.8) is 0 Å². The predicted octanol–water partition coefficient (Wildman–Crippen LogP) is 3.16. The highest BCUT2D eigenvalue weighted by atomic mass is 35.5. The fourth-order valence-corrected chi connectivity index (χ4v) is 5.02. The third-order valence-corrected chi connectivity index (χ3v) is 6.36. The molecule has 0 bridgehead atoms. The molecule has 0 saturated heterocycles. The molecule has 5 nitrogen and oxygen atoms in total. The third kappa shape index (κ3) is 3.49. The zero-order valence-electron chi connectivity index (χ0n) is 11.3. The van der Waals surface area contributed by atoms with Crippen molar-refractivity contribution in [2.45, 2.75) is 18.4 Å². The number of thiazole rings is 1. The molecule has 9 heteroatoms. The number of halogens is 2. The smallest absolute Gasteiger partial charge is 0.246 e. The first kappa shape index (κ1) is 16.5. The first-order valence-electron chi connectivity index (χ1n) is 5.84. The van der Waals surface area contributed by atoms with Crippen LogP contribution in [0.4, 0.5) is 5.69 Å². The number of hydrogen-bond acceptors (Lipinski definition) is 5. The first-order chi connectivity index (χ1) is 9.71. The summed E-state index contributed by atoms with van der Waals surface area (Å²) >= 11 is 13.4. The molecular formula is C12H13Cl2N3O2S2. The van der Waals surface area contributed by atoms with E-state index in [1.165, 1.54) is 34.8 Å². The predicted molar refractivity (Wildman–Crippen MR) is 86.4 cm³/mol. The zero-order valence-corrected chi connectivity index (χ0v) is 14.4. The number of sulfonamides is 1. The van der Waals surface area contributed by atoms with Gasteiger partial charge in [0.25, 0.3) is 0 Å². The molecule has 0 unspecified atom stereocenters. The van der Waals surface area contributed by atoms with Crippen molar-refractivity contribution in [3.8, 4) is 0 Å². The van der Waals surface area contributed by atoms with Gasteiger partial charge < -0.3 is 5.73 Å². The van der Waals surface area contributed by atoms with Gasteiger partial charge in [0.1, 0.15) is 4.90 Å². The van der Waals surface area contributed by atoms with Gasteiger partial charge in [0.15, 0.2) is 0 Å². The number of anilines is 1. The molecule has 1 aromatic carbocycles. The molecule has 0 aliphatic carbocycles. The van der Waals surface area contributed by atoms with Crippen molar-refractivity contribution in [2.75, 3.05) is 12.8 Å². The lowest BCUT2D eigenvalue weighted by atomic mass is 10.3. The average Bonchev–Trinajstić information content (AvgIpc) is 2.72. The van der Waals surface area contributed by atoms with Gasteiger partial charge in [-0.2, -0.15) is 4.31 Å². The summed E-state index contributed by atoms with van der Waals surface area (Å²) in [6.07, 6.45) is 1.65. The summed E-state index contributed by atoms with van der Waals surface area (Å²) in [5.41, 5.74) is 5.90. The molecule has 0 radical (unpaired) electrons. The van der Waals surface area contributed by atoms with E-state index in [2.05, 4.69) is 4.98 Å². The third-order valence-electron chi connectivity index (χ3n) is 2.74. The van der Waals surface area contributed by atoms with Gasteiger partial charge in [-0.05, 0) is 19.1 Å². The number of benzene rings is 1. The second kappa shape index (κ2) is 6.10. The largest absolute Gasteiger partial charge is 0.399 e. The lowest BCUT2D eigenvalue weighted by Gasteiger charge is -2.18. The number of nitrogens with zero attached hydrogens (tertiary/aromatic N) is 2. The van der Waals surface area contributed by atoms with Crippen LogP contribution in [0.5, 0.6) is 0 Å². The fourth-order valence-electron chi connectivity index (χ4n) is 1.76. The van der Waals surface area contributed by atoms with Crippen molar-refractivity contribution >= 4 is 50.2 Å². The zero-order chi connectivity index (χ0) is 15.8. The molecule has 0 aliphatic rings. The van der Waals surface area contributed by atoms with Crippen LogP contribution < -0.4 is 5.73 Å². The molecule has 2 N–H and O–H groups in total. The molecule has 2 rings (SSSR count). The Morgan fingerprint density at radius 3 is 2.38 bits per heavy atom. The maximum Gasteiger partial charge on any atom is 0.246 e. The maximum absolute atomic E-state index is 12.6. The minimum Gasteiger partial charge on any atom is -0.399 e. The number of rotatable bonds is 4. The van der Waals surface area contributed by atoms with Crippen LogP contribution in [0.15, 0.2) is 23.2 Å². The lowest BCUT2D eigenvalue weighted by molar-refractivity contribution is 0.469. The topological polar surface area (TPSA) is 76.3 Å². The number of nitrogen functional groups attached to an aromatic ring is 1. The molecule has 2 aromatic rings. The molecule has 1 heterocycles. The van der Waals surface area contributed by atoms with Crippen LogP contribution >= 0.6 is 34.5 Å². The van der Waals surface area contributed by atoms with E-state index in [1.54, 1.807) is 6.20 Å². The van der Waals surface area contributed by atoms with Crippen LogP contribution in [0.2, 0.25) is 10.0 Å². The van der Waals surface area contributed by atoms with Crippen molar-refractivity contribution in [2.24, 2.45) is 0 Å². The fraction of sp³-hybridized carbons (Fsp3) is 0.250. The monoisotopic (exact) mass is 365 g/mol. The summed E-state index contributed by atoms with van der Waals surface area (Å²) in [5.74, 6) is 0. The van der Waals surface area contributed by atoms with Gasteiger partial charge in [0.2, 0.25) is 10.0 Å². The number of aryl methyl sites for hydroxylation is 1. The molecular weight excluding hydrogens is 353 g/mol. The van der Waals surface area contributed by atoms with Gasteiger partial charge >= 0.3 is 0 Å². The van der Waals surface area contributed by atoms with E-state index in [9.17, 15) is 8.42 Å². The summed E-state index contributed by atoms with van der Waals surface area (Å²) in [4.78, 5) is 4.80. The van der Waals surface area contributed by atoms with Crippen molar-refractivity contribution in [1.82, 2.24) is 9.29 Å². The van der Waals surface area contributed by atoms with E-state index >= 15 is 0 Å². The highest BCUT2D eigenvalue weighted by Gasteiger charge is 2.27. The summed E-state index contributed by atoms with van der Waals surface area (Å²) < 4.78 is 26.4. The Morgan fingerprint density at radius 2 is 1.90 bits per heavy atom. The Balaban J connectivity index is 2.38. The molecule has 0 spiro atoms. The van der Waals surface area contributed by atoms with Crippen molar-refractivity contribution in [3.05, 3.63) is 38.3 Å². The Hall–Kier alpha value is -0.860. The normalized spacial score (nSPS) is 12.0. The summed E-state index contributed by atoms with van der Waals surface area (Å²) in [6.45, 7) is 2.06. The van der Waals surface area contributed by atoms with Crippen LogP contribution in [0, 0.1) is 6.92 Å². The van der Waals surface area contributed by atoms with Gasteiger partial charge in [-0.25, -0.2) is 13.4 Å². The van der Waals surface area contributed by atoms with E-state index in [0.717, 1.165) is 9.88 Å². The van der Waals surface area contributed by atoms with E-state index in [0.29, 0.717) is 5.69 Å². The Morgan fingerprint density at radius 1 is 1.33 bits per heavy atom. The molecule has 0 aliphatic heterocycles. The second-order valence-electron chi connectivity index (χ2n) is 4.42. The van der Waals surface area contributed by atoms with Gasteiger partial charge in [0.05, 0.1) is 15.1 Å². The lowest BCUT2D eigenvalue weighted by Crippen LogP contribution is -2.26. The van der Waals surface area contributed by atoms with E-state index in [-0.39, 0.29) is 21.5 Å². The van der Waals surface area contributed by atoms with Gasteiger partial charge in [-0.1, -0.05) is 23.2 Å². The van der Waals surface area contributed by atoms with Gasteiger partial charge in [0, 0.05) is 30.4 Å². The second-order valence-corrected chi connectivity index (χ2v) is 8.54. The Kier molecular flexibility index (Phi) is 4.79. The molecule has 21 heavy (non-hydrogen) atoms. The summed E-state index contributed by atoms with van der Waals surface area (Å²) in [5, 5.41) is 0.888. The first-order valence-corrected chi connectivity index (χ1v) is 8.85. The van der Waals surface area contributed by atoms with E-state index < -0.39 is 10.0 Å². The summed E-state index contributed by atoms with van der Waals surface area (Å²) in [6, 6.07) is 2.73. The SMILES string of the molecule is Cc1ncc(CN(C)S(=O)(=O)c2c(Cl)cc(N)cc2Cl)s1. The number of nitrogens with two attached hydrogens (primary N) is 1. The van der Waals surface area contributed by atoms with Crippen molar-refractivity contribution < 1.29 is 8.42 Å². The minimum atomic E-state index is -3.81. The van der Waals surface area contributed by atoms with Crippen LogP contribution in [0.1, 0.15) is 9.88 Å². The number of hydrogen-bond donors (Lipinski definition) is 1. The minimum absolute atomic E-state index is 0.00679. The molecule has 0 amide bonds. The molecule has 114 valence electrons. The van der Waals surface area contributed by atoms with Crippen molar-refractivity contribution in [1.29, 1.82) is 0 Å². The van der Waals surface area contributed by atoms with Gasteiger partial charge in [-0.3, -0.25) is 0 Å². The Bertz CT molecular complexity index is 752. The molecule has 0 fully saturated rings. The van der Waals surface area contributed by atoms with Crippen LogP contribution in [0.3, 0.4) is 0 Å². The van der Waals surface area contributed by atoms with E-state index in [4.69, 9.17) is 28.9 Å². The maximum atomic E-state index is 12.6. The van der Waals surface area contributed by atoms with Crippen LogP contribution in [-0.2, 0) is 16.6 Å². The number of aromatic nitrogens is 1. The van der Waals surface area contributed by atoms with Crippen LogP contribution in [0.25, 0.3) is 0 Å². The quantitative estimate of drug-likeness (QED) is 0.844. The molecule has 0 saturated carbocycles. The van der Waals surface area contributed by atoms with E-state index in [1.807, 2.05) is 6.92 Å².